The van der Waals surface area contributed by atoms with Crippen LogP contribution in [-0.2, 0) is 0 Å². The highest BCUT2D eigenvalue weighted by atomic mass is 127. The second kappa shape index (κ2) is 6.48. The number of nitrogens with zero attached hydrogens (tertiary/aromatic N) is 2. The summed E-state index contributed by atoms with van der Waals surface area (Å²) in [4.78, 5) is 0. The summed E-state index contributed by atoms with van der Waals surface area (Å²) in [5.74, 6) is 0. The highest BCUT2D eigenvalue weighted by molar-refractivity contribution is 14.1. The average molecular weight is 321 g/mol. The molecule has 1 heterocycles. The number of nitrogens with one attached hydrogen (secondary N) is 1. The minimum Gasteiger partial charge on any atom is -0.312 e. The van der Waals surface area contributed by atoms with E-state index in [0.29, 0.717) is 12.1 Å². The molecule has 1 atom stereocenters. The number of halogens is 1. The lowest BCUT2D eigenvalue weighted by atomic mass is 10.1. The van der Waals surface area contributed by atoms with Crippen molar-refractivity contribution < 1.29 is 0 Å². The molecule has 1 rings (SSSR count). The Kier molecular flexibility index (Phi) is 5.60. The second-order valence-corrected chi connectivity index (χ2v) is 5.15. The minimum absolute atomic E-state index is 0.425. The Balaban J connectivity index is 2.39. The Morgan fingerprint density at radius 2 is 2.13 bits per heavy atom. The van der Waals surface area contributed by atoms with Gasteiger partial charge < -0.3 is 5.32 Å². The first-order valence-corrected chi connectivity index (χ1v) is 6.68. The fourth-order valence-electron chi connectivity index (χ4n) is 1.56. The maximum absolute atomic E-state index is 4.31. The molecule has 0 spiro atoms. The van der Waals surface area contributed by atoms with E-state index in [1.807, 2.05) is 10.9 Å². The summed E-state index contributed by atoms with van der Waals surface area (Å²) in [6.45, 7) is 7.63. The van der Waals surface area contributed by atoms with Crippen LogP contribution in [-0.4, -0.2) is 22.4 Å². The van der Waals surface area contributed by atoms with Crippen LogP contribution in [0.15, 0.2) is 12.4 Å². The van der Waals surface area contributed by atoms with Crippen LogP contribution < -0.4 is 5.32 Å². The van der Waals surface area contributed by atoms with Crippen molar-refractivity contribution in [2.45, 2.75) is 45.7 Å². The van der Waals surface area contributed by atoms with Gasteiger partial charge in [0, 0.05) is 18.8 Å². The highest BCUT2D eigenvalue weighted by Gasteiger charge is 2.08. The molecule has 4 heteroatoms. The van der Waals surface area contributed by atoms with Gasteiger partial charge >= 0.3 is 0 Å². The van der Waals surface area contributed by atoms with Gasteiger partial charge in [0.25, 0.3) is 0 Å². The van der Waals surface area contributed by atoms with Crippen molar-refractivity contribution in [1.82, 2.24) is 15.1 Å². The number of rotatable bonds is 6. The third kappa shape index (κ3) is 4.10. The van der Waals surface area contributed by atoms with E-state index in [-0.39, 0.29) is 0 Å². The lowest BCUT2D eigenvalue weighted by molar-refractivity contribution is 0.401. The predicted octanol–water partition coefficient (Wildman–Crippen LogP) is 2.83. The quantitative estimate of drug-likeness (QED) is 0.817. The molecule has 0 fully saturated rings. The molecule has 0 aliphatic heterocycles. The summed E-state index contributed by atoms with van der Waals surface area (Å²) in [6, 6.07) is 1.07. The van der Waals surface area contributed by atoms with Gasteiger partial charge in [0.05, 0.1) is 15.8 Å². The maximum atomic E-state index is 4.31. The molecular formula is C11H20IN3. The molecule has 3 nitrogen and oxygen atoms in total. The Morgan fingerprint density at radius 3 is 2.60 bits per heavy atom. The van der Waals surface area contributed by atoms with E-state index < -0.39 is 0 Å². The van der Waals surface area contributed by atoms with Gasteiger partial charge in [-0.3, -0.25) is 4.68 Å². The van der Waals surface area contributed by atoms with E-state index >= 15 is 0 Å². The van der Waals surface area contributed by atoms with Gasteiger partial charge in [0.1, 0.15) is 0 Å². The van der Waals surface area contributed by atoms with Crippen LogP contribution in [0.25, 0.3) is 0 Å². The average Bonchev–Trinajstić information content (AvgIpc) is 2.66. The molecule has 0 aromatic carbocycles. The minimum atomic E-state index is 0.425. The van der Waals surface area contributed by atoms with Gasteiger partial charge in [-0.1, -0.05) is 13.8 Å². The molecule has 0 radical (unpaired) electrons. The maximum Gasteiger partial charge on any atom is 0.0623 e. The lowest BCUT2D eigenvalue weighted by Gasteiger charge is -2.18. The molecule has 1 aromatic heterocycles. The van der Waals surface area contributed by atoms with Crippen LogP contribution in [0.3, 0.4) is 0 Å². The van der Waals surface area contributed by atoms with Gasteiger partial charge in [-0.2, -0.15) is 5.10 Å². The first kappa shape index (κ1) is 13.0. The molecule has 0 saturated heterocycles. The van der Waals surface area contributed by atoms with E-state index in [2.05, 4.69) is 60.0 Å². The van der Waals surface area contributed by atoms with Crippen molar-refractivity contribution in [2.24, 2.45) is 0 Å². The highest BCUT2D eigenvalue weighted by Crippen LogP contribution is 2.08. The zero-order valence-electron chi connectivity index (χ0n) is 9.70. The summed E-state index contributed by atoms with van der Waals surface area (Å²) in [7, 11) is 0. The molecule has 0 bridgehead atoms. The standard InChI is InChI=1S/C11H20IN3/c1-4-11(5-2)13-6-9(3)15-8-10(12)7-14-15/h7-9,11,13H,4-6H2,1-3H3. The Bertz CT molecular complexity index is 281. The predicted molar refractivity (Wildman–Crippen MR) is 72.0 cm³/mol. The van der Waals surface area contributed by atoms with E-state index in [1.54, 1.807) is 0 Å². The molecule has 1 unspecified atom stereocenters. The van der Waals surface area contributed by atoms with Gasteiger partial charge in [-0.05, 0) is 42.4 Å². The van der Waals surface area contributed by atoms with Gasteiger partial charge in [-0.25, -0.2) is 0 Å². The smallest absolute Gasteiger partial charge is 0.0623 e. The zero-order chi connectivity index (χ0) is 11.3. The third-order valence-corrected chi connectivity index (χ3v) is 3.27. The first-order valence-electron chi connectivity index (χ1n) is 5.60. The number of hydrogen-bond donors (Lipinski definition) is 1. The molecule has 1 N–H and O–H groups in total. The van der Waals surface area contributed by atoms with E-state index in [4.69, 9.17) is 0 Å². The van der Waals surface area contributed by atoms with Gasteiger partial charge in [0.2, 0.25) is 0 Å². The van der Waals surface area contributed by atoms with Crippen LogP contribution in [0.1, 0.15) is 39.7 Å². The summed E-state index contributed by atoms with van der Waals surface area (Å²) in [5.41, 5.74) is 0. The summed E-state index contributed by atoms with van der Waals surface area (Å²) in [6.07, 6.45) is 6.37. The van der Waals surface area contributed by atoms with Crippen LogP contribution in [0.4, 0.5) is 0 Å². The van der Waals surface area contributed by atoms with Crippen molar-refractivity contribution in [3.05, 3.63) is 16.0 Å². The fourth-order valence-corrected chi connectivity index (χ4v) is 1.97. The lowest BCUT2D eigenvalue weighted by Crippen LogP contribution is -2.32. The first-order chi connectivity index (χ1) is 7.17. The van der Waals surface area contributed by atoms with Crippen molar-refractivity contribution in [3.8, 4) is 0 Å². The van der Waals surface area contributed by atoms with E-state index in [9.17, 15) is 0 Å². The molecule has 0 amide bonds. The molecule has 86 valence electrons. The van der Waals surface area contributed by atoms with E-state index in [1.165, 1.54) is 16.4 Å². The molecule has 15 heavy (non-hydrogen) atoms. The second-order valence-electron chi connectivity index (χ2n) is 3.91. The van der Waals surface area contributed by atoms with Crippen LogP contribution in [0.2, 0.25) is 0 Å². The topological polar surface area (TPSA) is 29.9 Å². The van der Waals surface area contributed by atoms with Crippen molar-refractivity contribution in [2.75, 3.05) is 6.54 Å². The van der Waals surface area contributed by atoms with Gasteiger partial charge in [0.15, 0.2) is 0 Å². The Hall–Kier alpha value is -0.100. The Labute approximate surface area is 106 Å². The monoisotopic (exact) mass is 321 g/mol. The number of hydrogen-bond acceptors (Lipinski definition) is 2. The van der Waals surface area contributed by atoms with E-state index in [0.717, 1.165) is 6.54 Å². The van der Waals surface area contributed by atoms with Crippen molar-refractivity contribution >= 4 is 22.6 Å². The Morgan fingerprint density at radius 1 is 1.47 bits per heavy atom. The van der Waals surface area contributed by atoms with Gasteiger partial charge in [-0.15, -0.1) is 0 Å². The van der Waals surface area contributed by atoms with Crippen molar-refractivity contribution in [1.29, 1.82) is 0 Å². The zero-order valence-corrected chi connectivity index (χ0v) is 11.9. The van der Waals surface area contributed by atoms with Crippen molar-refractivity contribution in [3.63, 3.8) is 0 Å². The molecule has 0 saturated carbocycles. The van der Waals surface area contributed by atoms with Crippen LogP contribution in [0.5, 0.6) is 0 Å². The van der Waals surface area contributed by atoms with Crippen LogP contribution >= 0.6 is 22.6 Å². The normalized spacial score (nSPS) is 13.4. The molecular weight excluding hydrogens is 301 g/mol. The molecule has 0 aliphatic rings. The molecule has 0 aliphatic carbocycles. The third-order valence-electron chi connectivity index (χ3n) is 2.71. The summed E-state index contributed by atoms with van der Waals surface area (Å²) >= 11 is 2.29. The largest absolute Gasteiger partial charge is 0.312 e. The number of aromatic nitrogens is 2. The summed E-state index contributed by atoms with van der Waals surface area (Å²) in [5, 5.41) is 7.88. The fraction of sp³-hybridized carbons (Fsp3) is 0.727. The molecule has 1 aromatic rings. The van der Waals surface area contributed by atoms with Crippen LogP contribution in [0, 0.1) is 3.57 Å². The SMILES string of the molecule is CCC(CC)NCC(C)n1cc(I)cn1. The summed E-state index contributed by atoms with van der Waals surface area (Å²) < 4.78 is 3.22.